The molecule has 1 heterocycles. The van der Waals surface area contributed by atoms with Gasteiger partial charge in [-0.1, -0.05) is 30.9 Å². The molecule has 27 heavy (non-hydrogen) atoms. The van der Waals surface area contributed by atoms with Crippen LogP contribution in [0.1, 0.15) is 37.7 Å². The third kappa shape index (κ3) is 5.13. The van der Waals surface area contributed by atoms with E-state index in [2.05, 4.69) is 15.6 Å². The Balaban J connectivity index is 1.68. The molecule has 1 fully saturated rings. The van der Waals surface area contributed by atoms with Gasteiger partial charge >= 0.3 is 6.18 Å². The number of hydrogen-bond donors (Lipinski definition) is 2. The molecule has 2 aromatic rings. The number of rotatable bonds is 4. The van der Waals surface area contributed by atoms with Crippen molar-refractivity contribution in [3.05, 3.63) is 47.1 Å². The van der Waals surface area contributed by atoms with Gasteiger partial charge in [0, 0.05) is 10.9 Å². The van der Waals surface area contributed by atoms with Crippen LogP contribution >= 0.6 is 11.6 Å². The van der Waals surface area contributed by atoms with Gasteiger partial charge in [-0.15, -0.1) is 0 Å². The van der Waals surface area contributed by atoms with E-state index in [1.807, 2.05) is 0 Å². The number of carbonyl (C=O) groups excluding carboxylic acids is 1. The molecule has 1 aliphatic carbocycles. The molecule has 0 bridgehead atoms. The molecule has 4 nitrogen and oxygen atoms in total. The lowest BCUT2D eigenvalue weighted by molar-refractivity contribution is -0.137. The third-order valence-corrected chi connectivity index (χ3v) is 4.79. The lowest BCUT2D eigenvalue weighted by Crippen LogP contribution is -2.24. The lowest BCUT2D eigenvalue weighted by atomic mass is 9.88. The summed E-state index contributed by atoms with van der Waals surface area (Å²) in [5, 5.41) is 5.47. The predicted molar refractivity (Wildman–Crippen MR) is 99.2 cm³/mol. The number of halogens is 4. The number of aromatic nitrogens is 1. The van der Waals surface area contributed by atoms with Gasteiger partial charge < -0.3 is 10.6 Å². The third-order valence-electron chi connectivity index (χ3n) is 4.56. The first-order valence-electron chi connectivity index (χ1n) is 8.73. The molecule has 1 aromatic heterocycles. The summed E-state index contributed by atoms with van der Waals surface area (Å²) >= 11 is 5.68. The Morgan fingerprint density at radius 3 is 2.48 bits per heavy atom. The van der Waals surface area contributed by atoms with Gasteiger partial charge in [0.05, 0.1) is 23.1 Å². The minimum absolute atomic E-state index is 0.00149. The van der Waals surface area contributed by atoms with Gasteiger partial charge in [-0.05, 0) is 43.2 Å². The Morgan fingerprint density at radius 2 is 1.85 bits per heavy atom. The van der Waals surface area contributed by atoms with Crippen molar-refractivity contribution in [1.82, 2.24) is 4.98 Å². The van der Waals surface area contributed by atoms with Crippen LogP contribution in [0.3, 0.4) is 0 Å². The molecule has 1 amide bonds. The largest absolute Gasteiger partial charge is 0.418 e. The van der Waals surface area contributed by atoms with Crippen LogP contribution in [0.15, 0.2) is 36.5 Å². The molecule has 2 N–H and O–H groups in total. The summed E-state index contributed by atoms with van der Waals surface area (Å²) in [6.45, 7) is 0. The molecule has 3 rings (SSSR count). The van der Waals surface area contributed by atoms with Gasteiger partial charge in [0.25, 0.3) is 0 Å². The highest BCUT2D eigenvalue weighted by Crippen LogP contribution is 2.37. The van der Waals surface area contributed by atoms with Crippen molar-refractivity contribution in [3.63, 3.8) is 0 Å². The van der Waals surface area contributed by atoms with Crippen LogP contribution in [-0.4, -0.2) is 10.9 Å². The van der Waals surface area contributed by atoms with Crippen molar-refractivity contribution in [2.24, 2.45) is 5.92 Å². The first kappa shape index (κ1) is 19.5. The second-order valence-electron chi connectivity index (χ2n) is 6.57. The average molecular weight is 398 g/mol. The van der Waals surface area contributed by atoms with E-state index in [0.29, 0.717) is 5.69 Å². The average Bonchev–Trinajstić information content (AvgIpc) is 2.64. The van der Waals surface area contributed by atoms with E-state index in [1.165, 1.54) is 24.4 Å². The van der Waals surface area contributed by atoms with Crippen molar-refractivity contribution in [2.45, 2.75) is 38.3 Å². The molecule has 0 radical (unpaired) electrons. The highest BCUT2D eigenvalue weighted by atomic mass is 35.5. The Morgan fingerprint density at radius 1 is 1.11 bits per heavy atom. The smallest absolute Gasteiger partial charge is 0.340 e. The minimum atomic E-state index is -4.54. The van der Waals surface area contributed by atoms with Crippen LogP contribution in [0, 0.1) is 5.92 Å². The first-order chi connectivity index (χ1) is 12.8. The van der Waals surface area contributed by atoms with Crippen molar-refractivity contribution in [1.29, 1.82) is 0 Å². The second-order valence-corrected chi connectivity index (χ2v) is 7.01. The number of nitrogens with one attached hydrogen (secondary N) is 2. The summed E-state index contributed by atoms with van der Waals surface area (Å²) in [7, 11) is 0. The van der Waals surface area contributed by atoms with Crippen LogP contribution in [0.4, 0.5) is 30.4 Å². The fourth-order valence-corrected chi connectivity index (χ4v) is 3.32. The number of nitrogens with zero attached hydrogens (tertiary/aromatic N) is 1. The van der Waals surface area contributed by atoms with Crippen LogP contribution in [0.25, 0.3) is 0 Å². The summed E-state index contributed by atoms with van der Waals surface area (Å²) in [5.74, 6) is 0.215. The van der Waals surface area contributed by atoms with Gasteiger partial charge in [0.2, 0.25) is 5.91 Å². The van der Waals surface area contributed by atoms with Crippen LogP contribution in [0.2, 0.25) is 5.02 Å². The summed E-state index contributed by atoms with van der Waals surface area (Å²) in [6, 6.07) is 6.62. The molecule has 144 valence electrons. The molecule has 8 heteroatoms. The van der Waals surface area contributed by atoms with E-state index in [4.69, 9.17) is 11.6 Å². The van der Waals surface area contributed by atoms with Gasteiger partial charge in [-0.25, -0.2) is 4.98 Å². The van der Waals surface area contributed by atoms with Crippen molar-refractivity contribution in [3.8, 4) is 0 Å². The lowest BCUT2D eigenvalue weighted by Gasteiger charge is -2.20. The number of amides is 1. The zero-order valence-electron chi connectivity index (χ0n) is 14.4. The fourth-order valence-electron chi connectivity index (χ4n) is 3.15. The maximum Gasteiger partial charge on any atom is 0.418 e. The second kappa shape index (κ2) is 8.17. The number of carbonyl (C=O) groups is 1. The van der Waals surface area contributed by atoms with Crippen LogP contribution in [0.5, 0.6) is 0 Å². The number of pyridine rings is 1. The molecule has 1 aromatic carbocycles. The van der Waals surface area contributed by atoms with Gasteiger partial charge in [-0.3, -0.25) is 4.79 Å². The Kier molecular flexibility index (Phi) is 5.89. The van der Waals surface area contributed by atoms with E-state index in [-0.39, 0.29) is 28.4 Å². The van der Waals surface area contributed by atoms with Crippen LogP contribution in [-0.2, 0) is 11.0 Å². The molecule has 0 spiro atoms. The molecule has 0 saturated heterocycles. The quantitative estimate of drug-likeness (QED) is 0.663. The normalized spacial score (nSPS) is 15.4. The highest BCUT2D eigenvalue weighted by molar-refractivity contribution is 6.30. The van der Waals surface area contributed by atoms with Gasteiger partial charge in [0.1, 0.15) is 5.82 Å². The Labute approximate surface area is 160 Å². The van der Waals surface area contributed by atoms with Crippen molar-refractivity contribution < 1.29 is 18.0 Å². The fraction of sp³-hybridized carbons (Fsp3) is 0.368. The standard InChI is InChI=1S/C19H19ClF3N3O/c20-13-6-8-16(15(10-13)19(21,22)23)26-17-9-7-14(11-24-17)25-18(27)12-4-2-1-3-5-12/h6-12H,1-5H2,(H,24,26)(H,25,27). The van der Waals surface area contributed by atoms with Crippen molar-refractivity contribution >= 4 is 34.7 Å². The number of alkyl halides is 3. The molecular formula is C19H19ClF3N3O. The summed E-state index contributed by atoms with van der Waals surface area (Å²) in [4.78, 5) is 16.3. The van der Waals surface area contributed by atoms with Gasteiger partial charge in [-0.2, -0.15) is 13.2 Å². The van der Waals surface area contributed by atoms with Crippen molar-refractivity contribution in [2.75, 3.05) is 10.6 Å². The topological polar surface area (TPSA) is 54.0 Å². The highest BCUT2D eigenvalue weighted by Gasteiger charge is 2.34. The zero-order chi connectivity index (χ0) is 19.4. The molecule has 1 saturated carbocycles. The van der Waals surface area contributed by atoms with E-state index in [9.17, 15) is 18.0 Å². The van der Waals surface area contributed by atoms with E-state index < -0.39 is 11.7 Å². The van der Waals surface area contributed by atoms with E-state index in [0.717, 1.165) is 38.2 Å². The number of benzene rings is 1. The Hall–Kier alpha value is -2.28. The number of hydrogen-bond acceptors (Lipinski definition) is 3. The number of anilines is 3. The SMILES string of the molecule is O=C(Nc1ccc(Nc2ccc(Cl)cc2C(F)(F)F)nc1)C1CCCCC1. The first-order valence-corrected chi connectivity index (χ1v) is 9.11. The maximum atomic E-state index is 13.1. The molecule has 0 atom stereocenters. The van der Waals surface area contributed by atoms with Gasteiger partial charge in [0.15, 0.2) is 0 Å². The molecule has 1 aliphatic rings. The molecule has 0 unspecified atom stereocenters. The summed E-state index contributed by atoms with van der Waals surface area (Å²) < 4.78 is 39.4. The van der Waals surface area contributed by atoms with E-state index >= 15 is 0 Å². The molecule has 0 aliphatic heterocycles. The molecular weight excluding hydrogens is 379 g/mol. The predicted octanol–water partition coefficient (Wildman–Crippen LogP) is 6.02. The summed E-state index contributed by atoms with van der Waals surface area (Å²) in [6.07, 6.45) is 1.93. The Bertz CT molecular complexity index is 803. The van der Waals surface area contributed by atoms with Crippen LogP contribution < -0.4 is 10.6 Å². The summed E-state index contributed by atoms with van der Waals surface area (Å²) in [5.41, 5.74) is -0.492. The van der Waals surface area contributed by atoms with E-state index in [1.54, 1.807) is 6.07 Å². The zero-order valence-corrected chi connectivity index (χ0v) is 15.2. The maximum absolute atomic E-state index is 13.1. The monoisotopic (exact) mass is 397 g/mol. The minimum Gasteiger partial charge on any atom is -0.340 e.